The Morgan fingerprint density at radius 3 is 1.19 bits per heavy atom. The Labute approximate surface area is 217 Å². The third kappa shape index (κ3) is 15.5. The van der Waals surface area contributed by atoms with Crippen LogP contribution in [0, 0.1) is 0 Å². The number of aliphatic hydroxyl groups is 1. The summed E-state index contributed by atoms with van der Waals surface area (Å²) in [4.78, 5) is 14.2. The smallest absolute Gasteiger partial charge is 0.102 e. The predicted octanol–water partition coefficient (Wildman–Crippen LogP) is 7.08. The highest BCUT2D eigenvalue weighted by Crippen LogP contribution is 2.17. The highest BCUT2D eigenvalue weighted by Gasteiger charge is 2.20. The first-order chi connectivity index (χ1) is 16.9. The number of hydrogen-bond donors (Lipinski definition) is 2. The third-order valence-electron chi connectivity index (χ3n) is 4.98. The maximum Gasteiger partial charge on any atom is 0.102 e. The van der Waals surface area contributed by atoms with E-state index in [1.54, 1.807) is 0 Å². The topological polar surface area (TPSA) is 68.2 Å². The average molecular weight is 497 g/mol. The van der Waals surface area contributed by atoms with Crippen LogP contribution in [0.2, 0.25) is 0 Å². The van der Waals surface area contributed by atoms with Gasteiger partial charge in [0.05, 0.1) is 12.7 Å². The van der Waals surface area contributed by atoms with Gasteiger partial charge in [-0.1, -0.05) is 91.0 Å². The van der Waals surface area contributed by atoms with Crippen molar-refractivity contribution in [1.82, 2.24) is 0 Å². The molecule has 2 N–H and O–H groups in total. The van der Waals surface area contributed by atoms with Crippen LogP contribution in [-0.4, -0.2) is 34.3 Å². The van der Waals surface area contributed by atoms with E-state index in [0.717, 1.165) is 12.0 Å². The van der Waals surface area contributed by atoms with Crippen molar-refractivity contribution in [3.8, 4) is 0 Å². The maximum atomic E-state index is 9.47. The molecule has 3 rings (SSSR count). The Morgan fingerprint density at radius 2 is 0.889 bits per heavy atom. The lowest BCUT2D eigenvalue weighted by Crippen LogP contribution is -2.26. The molecule has 5 nitrogen and oxygen atoms in total. The second-order valence-corrected chi connectivity index (χ2v) is 10.7. The molecule has 0 fully saturated rings. The zero-order valence-corrected chi connectivity index (χ0v) is 22.9. The fourth-order valence-corrected chi connectivity index (χ4v) is 3.56. The van der Waals surface area contributed by atoms with Gasteiger partial charge in [-0.3, -0.25) is 5.26 Å². The third-order valence-corrected chi connectivity index (χ3v) is 4.98. The molecule has 3 aromatic carbocycles. The first-order valence-corrected chi connectivity index (χ1v) is 12.2. The molecular weight excluding hydrogens is 452 g/mol. The van der Waals surface area contributed by atoms with Crippen molar-refractivity contribution in [2.45, 2.75) is 77.6 Å². The first kappa shape index (κ1) is 31.5. The van der Waals surface area contributed by atoms with Gasteiger partial charge in [-0.05, 0) is 58.2 Å². The van der Waals surface area contributed by atoms with Gasteiger partial charge in [-0.25, -0.2) is 14.7 Å². The van der Waals surface area contributed by atoms with E-state index in [9.17, 15) is 5.11 Å². The molecule has 3 aromatic rings. The Bertz CT molecular complexity index is 933. The van der Waals surface area contributed by atoms with E-state index in [1.165, 1.54) is 18.2 Å². The molecule has 5 heteroatoms. The van der Waals surface area contributed by atoms with Crippen molar-refractivity contribution in [3.05, 3.63) is 108 Å². The van der Waals surface area contributed by atoms with E-state index >= 15 is 0 Å². The van der Waals surface area contributed by atoms with Crippen LogP contribution in [0.15, 0.2) is 91.0 Å². The van der Waals surface area contributed by atoms with E-state index < -0.39 is 11.2 Å². The van der Waals surface area contributed by atoms with Gasteiger partial charge in [0.2, 0.25) is 0 Å². The summed E-state index contributed by atoms with van der Waals surface area (Å²) in [7, 11) is 1.53. The van der Waals surface area contributed by atoms with Crippen LogP contribution in [0.5, 0.6) is 0 Å². The van der Waals surface area contributed by atoms with Crippen molar-refractivity contribution < 1.29 is 25.0 Å². The van der Waals surface area contributed by atoms with Crippen LogP contribution in [0.25, 0.3) is 0 Å². The highest BCUT2D eigenvalue weighted by atomic mass is 17.2. The monoisotopic (exact) mass is 496 g/mol. The van der Waals surface area contributed by atoms with Gasteiger partial charge in [-0.2, -0.15) is 0 Å². The Balaban J connectivity index is 0.000000271. The van der Waals surface area contributed by atoms with Gasteiger partial charge in [0, 0.05) is 19.3 Å². The number of hydrogen-bond acceptors (Lipinski definition) is 5. The number of rotatable bonds is 9. The quantitative estimate of drug-likeness (QED) is 0.245. The molecule has 0 aliphatic carbocycles. The summed E-state index contributed by atoms with van der Waals surface area (Å²) in [6.45, 7) is 11.3. The molecule has 0 atom stereocenters. The Hall–Kier alpha value is -2.54. The summed E-state index contributed by atoms with van der Waals surface area (Å²) in [5, 5.41) is 18.0. The minimum Gasteiger partial charge on any atom is -0.390 e. The summed E-state index contributed by atoms with van der Waals surface area (Å²) in [5.74, 6) is 0. The molecule has 0 heterocycles. The van der Waals surface area contributed by atoms with Crippen molar-refractivity contribution in [2.24, 2.45) is 0 Å². The van der Waals surface area contributed by atoms with Crippen LogP contribution in [-0.2, 0) is 33.9 Å². The fourth-order valence-electron chi connectivity index (χ4n) is 3.56. The Kier molecular flexibility index (Phi) is 13.6. The molecule has 0 aromatic heterocycles. The molecular formula is C31H44O5. The molecule has 36 heavy (non-hydrogen) atoms. The second-order valence-electron chi connectivity index (χ2n) is 10.7. The van der Waals surface area contributed by atoms with Crippen LogP contribution in [0.4, 0.5) is 0 Å². The van der Waals surface area contributed by atoms with Gasteiger partial charge in [0.1, 0.15) is 11.2 Å². The number of benzene rings is 3. The molecule has 0 unspecified atom stereocenters. The van der Waals surface area contributed by atoms with Crippen molar-refractivity contribution in [2.75, 3.05) is 7.11 Å². The normalized spacial score (nSPS) is 11.6. The van der Waals surface area contributed by atoms with Crippen molar-refractivity contribution in [3.63, 3.8) is 0 Å². The summed E-state index contributed by atoms with van der Waals surface area (Å²) in [6.07, 6.45) is 2.28. The molecule has 0 aliphatic rings. The van der Waals surface area contributed by atoms with Crippen molar-refractivity contribution >= 4 is 0 Å². The average Bonchev–Trinajstić information content (AvgIpc) is 2.80. The minimum absolute atomic E-state index is 0.268. The molecule has 0 spiro atoms. The molecule has 0 bridgehead atoms. The minimum atomic E-state index is -0.596. The SMILES string of the molecule is CC(C)(Cc1ccccc1)OO.CC(C)(O)Cc1ccccc1.COOC(C)(C)Cc1ccccc1. The van der Waals surface area contributed by atoms with Crippen LogP contribution >= 0.6 is 0 Å². The van der Waals surface area contributed by atoms with Gasteiger partial charge in [0.15, 0.2) is 0 Å². The van der Waals surface area contributed by atoms with Gasteiger partial charge < -0.3 is 5.11 Å². The van der Waals surface area contributed by atoms with Crippen molar-refractivity contribution in [1.29, 1.82) is 0 Å². The molecule has 198 valence electrons. The molecule has 0 radical (unpaired) electrons. The maximum absolute atomic E-state index is 9.47. The summed E-state index contributed by atoms with van der Waals surface area (Å²) < 4.78 is 0. The second kappa shape index (κ2) is 15.5. The van der Waals surface area contributed by atoms with Crippen LogP contribution in [0.1, 0.15) is 58.2 Å². The highest BCUT2D eigenvalue weighted by molar-refractivity contribution is 5.18. The van der Waals surface area contributed by atoms with Crippen LogP contribution in [0.3, 0.4) is 0 Å². The van der Waals surface area contributed by atoms with Crippen LogP contribution < -0.4 is 0 Å². The summed E-state index contributed by atoms with van der Waals surface area (Å²) in [6, 6.07) is 30.2. The fraction of sp³-hybridized carbons (Fsp3) is 0.419. The van der Waals surface area contributed by atoms with E-state index in [0.29, 0.717) is 12.8 Å². The first-order valence-electron chi connectivity index (χ1n) is 12.2. The lowest BCUT2D eigenvalue weighted by molar-refractivity contribution is -0.335. The molecule has 0 amide bonds. The largest absolute Gasteiger partial charge is 0.390 e. The van der Waals surface area contributed by atoms with E-state index in [-0.39, 0.29) is 5.60 Å². The van der Waals surface area contributed by atoms with Gasteiger partial charge in [0.25, 0.3) is 0 Å². The summed E-state index contributed by atoms with van der Waals surface area (Å²) >= 11 is 0. The molecule has 0 aliphatic heterocycles. The zero-order valence-electron chi connectivity index (χ0n) is 22.9. The summed E-state index contributed by atoms with van der Waals surface area (Å²) in [5.41, 5.74) is 2.24. The van der Waals surface area contributed by atoms with Gasteiger partial charge in [-0.15, -0.1) is 0 Å². The molecule has 0 saturated carbocycles. The van der Waals surface area contributed by atoms with E-state index in [2.05, 4.69) is 21.9 Å². The standard InChI is InChI=1S/C11H16O2.C10H14O2.C10H14O/c1-11(2,13-12-3)9-10-7-5-4-6-8-10;1-10(2,12-11)8-9-6-4-3-5-7-9;1-10(2,11)8-9-6-4-3-5-7-9/h4-8H,9H2,1-3H3;3-7,11H,8H2,1-2H3;3-7,11H,8H2,1-2H3. The van der Waals surface area contributed by atoms with E-state index in [4.69, 9.17) is 10.1 Å². The predicted molar refractivity (Wildman–Crippen MR) is 147 cm³/mol. The lowest BCUT2D eigenvalue weighted by Gasteiger charge is -2.22. The van der Waals surface area contributed by atoms with Gasteiger partial charge >= 0.3 is 0 Å². The van der Waals surface area contributed by atoms with E-state index in [1.807, 2.05) is 120 Å². The Morgan fingerprint density at radius 1 is 0.556 bits per heavy atom. The lowest BCUT2D eigenvalue weighted by atomic mass is 9.99. The zero-order chi connectivity index (χ0) is 27.1. The molecule has 0 saturated heterocycles.